The molecule has 0 amide bonds. The minimum Gasteiger partial charge on any atom is -0.493 e. The molecular formula is C21H25NO6S. The Bertz CT molecular complexity index is 974. The number of para-hydroxylation sites is 1. The Hall–Kier alpha value is -2.58. The van der Waals surface area contributed by atoms with Crippen LogP contribution in [0.1, 0.15) is 35.2 Å². The summed E-state index contributed by atoms with van der Waals surface area (Å²) in [7, 11) is -0.734. The molecule has 156 valence electrons. The number of carbonyl (C=O) groups is 1. The van der Waals surface area contributed by atoms with Gasteiger partial charge in [0.2, 0.25) is 15.8 Å². The van der Waals surface area contributed by atoms with E-state index in [0.717, 1.165) is 19.3 Å². The van der Waals surface area contributed by atoms with Crippen LogP contribution in [0.15, 0.2) is 41.3 Å². The number of aryl methyl sites for hydroxylation is 1. The third-order valence-corrected chi connectivity index (χ3v) is 6.85. The van der Waals surface area contributed by atoms with Crippen molar-refractivity contribution in [1.82, 2.24) is 4.31 Å². The zero-order valence-corrected chi connectivity index (χ0v) is 17.6. The molecule has 1 heterocycles. The van der Waals surface area contributed by atoms with Crippen molar-refractivity contribution >= 4 is 16.0 Å². The summed E-state index contributed by atoms with van der Waals surface area (Å²) in [6.07, 6.45) is 2.71. The van der Waals surface area contributed by atoms with Crippen LogP contribution in [0.4, 0.5) is 0 Å². The summed E-state index contributed by atoms with van der Waals surface area (Å²) in [6, 6.07) is 9.53. The highest BCUT2D eigenvalue weighted by Crippen LogP contribution is 2.37. The average Bonchev–Trinajstić information content (AvgIpc) is 2.74. The van der Waals surface area contributed by atoms with Crippen LogP contribution >= 0.6 is 0 Å². The van der Waals surface area contributed by atoms with Crippen molar-refractivity contribution in [3.05, 3.63) is 47.5 Å². The van der Waals surface area contributed by atoms with E-state index in [-0.39, 0.29) is 16.2 Å². The van der Waals surface area contributed by atoms with Crippen LogP contribution in [0.5, 0.6) is 17.2 Å². The second kappa shape index (κ2) is 8.84. The molecule has 1 fully saturated rings. The third-order valence-electron chi connectivity index (χ3n) is 4.96. The molecule has 2 aromatic rings. The van der Waals surface area contributed by atoms with Gasteiger partial charge in [-0.05, 0) is 49.6 Å². The fourth-order valence-electron chi connectivity index (χ4n) is 3.30. The molecule has 0 bridgehead atoms. The summed E-state index contributed by atoms with van der Waals surface area (Å²) in [5.74, 6) is 0.145. The van der Waals surface area contributed by atoms with Crippen molar-refractivity contribution in [2.75, 3.05) is 27.3 Å². The lowest BCUT2D eigenvalue weighted by Gasteiger charge is -2.26. The number of ether oxygens (including phenoxy) is 3. The number of hydrogen-bond acceptors (Lipinski definition) is 6. The van der Waals surface area contributed by atoms with Crippen LogP contribution in [-0.4, -0.2) is 46.0 Å². The van der Waals surface area contributed by atoms with Crippen molar-refractivity contribution in [3.63, 3.8) is 0 Å². The SMILES string of the molecule is COc1cccc(OC)c1OC(=O)c1cc(S(=O)(=O)N2CCCCC2)ccc1C. The highest BCUT2D eigenvalue weighted by molar-refractivity contribution is 7.89. The van der Waals surface area contributed by atoms with Gasteiger partial charge in [0, 0.05) is 13.1 Å². The van der Waals surface area contributed by atoms with E-state index in [1.165, 1.54) is 30.7 Å². The van der Waals surface area contributed by atoms with Crippen molar-refractivity contribution < 1.29 is 27.4 Å². The van der Waals surface area contributed by atoms with Gasteiger partial charge in [0.05, 0.1) is 24.7 Å². The van der Waals surface area contributed by atoms with Crippen LogP contribution in [0.3, 0.4) is 0 Å². The maximum Gasteiger partial charge on any atom is 0.344 e. The number of benzene rings is 2. The Morgan fingerprint density at radius 2 is 1.59 bits per heavy atom. The quantitative estimate of drug-likeness (QED) is 0.527. The van der Waals surface area contributed by atoms with Gasteiger partial charge in [0.1, 0.15) is 0 Å². The predicted octanol–water partition coefficient (Wildman–Crippen LogP) is 3.41. The number of esters is 1. The first-order valence-electron chi connectivity index (χ1n) is 9.42. The van der Waals surface area contributed by atoms with Gasteiger partial charge in [-0.1, -0.05) is 18.6 Å². The van der Waals surface area contributed by atoms with Crippen LogP contribution in [0.25, 0.3) is 0 Å². The number of nitrogens with zero attached hydrogens (tertiary/aromatic N) is 1. The molecule has 29 heavy (non-hydrogen) atoms. The summed E-state index contributed by atoms with van der Waals surface area (Å²) >= 11 is 0. The normalized spacial score (nSPS) is 15.0. The van der Waals surface area contributed by atoms with E-state index in [2.05, 4.69) is 0 Å². The molecule has 2 aromatic carbocycles. The van der Waals surface area contributed by atoms with Crippen molar-refractivity contribution in [2.45, 2.75) is 31.1 Å². The topological polar surface area (TPSA) is 82.1 Å². The van der Waals surface area contributed by atoms with Crippen LogP contribution in [0, 0.1) is 6.92 Å². The van der Waals surface area contributed by atoms with Gasteiger partial charge in [-0.3, -0.25) is 0 Å². The first-order chi connectivity index (χ1) is 13.9. The smallest absolute Gasteiger partial charge is 0.344 e. The maximum atomic E-state index is 13.0. The van der Waals surface area contributed by atoms with Crippen LogP contribution in [0.2, 0.25) is 0 Å². The van der Waals surface area contributed by atoms with Gasteiger partial charge in [-0.25, -0.2) is 13.2 Å². The predicted molar refractivity (Wildman–Crippen MR) is 108 cm³/mol. The first-order valence-corrected chi connectivity index (χ1v) is 10.9. The monoisotopic (exact) mass is 419 g/mol. The lowest BCUT2D eigenvalue weighted by atomic mass is 10.1. The Kier molecular flexibility index (Phi) is 6.44. The number of carbonyl (C=O) groups excluding carboxylic acids is 1. The zero-order chi connectivity index (χ0) is 21.0. The fraction of sp³-hybridized carbons (Fsp3) is 0.381. The van der Waals surface area contributed by atoms with E-state index in [1.807, 2.05) is 0 Å². The number of piperidine rings is 1. The van der Waals surface area contributed by atoms with E-state index >= 15 is 0 Å². The molecule has 0 N–H and O–H groups in total. The van der Waals surface area contributed by atoms with Crippen molar-refractivity contribution in [3.8, 4) is 17.2 Å². The summed E-state index contributed by atoms with van der Waals surface area (Å²) in [5, 5.41) is 0. The molecular weight excluding hydrogens is 394 g/mol. The summed E-state index contributed by atoms with van der Waals surface area (Å²) in [5.41, 5.74) is 0.789. The molecule has 0 spiro atoms. The van der Waals surface area contributed by atoms with Gasteiger partial charge >= 0.3 is 5.97 Å². The molecule has 0 unspecified atom stereocenters. The van der Waals surface area contributed by atoms with E-state index < -0.39 is 16.0 Å². The number of methoxy groups -OCH3 is 2. The lowest BCUT2D eigenvalue weighted by molar-refractivity contribution is 0.0723. The first kappa shape index (κ1) is 21.1. The van der Waals surface area contributed by atoms with Gasteiger partial charge < -0.3 is 14.2 Å². The zero-order valence-electron chi connectivity index (χ0n) is 16.8. The van der Waals surface area contributed by atoms with Gasteiger partial charge in [-0.15, -0.1) is 0 Å². The maximum absolute atomic E-state index is 13.0. The summed E-state index contributed by atoms with van der Waals surface area (Å²) in [4.78, 5) is 13.0. The number of hydrogen-bond donors (Lipinski definition) is 0. The standard InChI is InChI=1S/C21H25NO6S/c1-15-10-11-16(29(24,25)22-12-5-4-6-13-22)14-17(15)21(23)28-20-18(26-2)8-7-9-19(20)27-3/h7-11,14H,4-6,12-13H2,1-3H3. The number of sulfonamides is 1. The molecule has 0 radical (unpaired) electrons. The van der Waals surface area contributed by atoms with Crippen LogP contribution in [-0.2, 0) is 10.0 Å². The van der Waals surface area contributed by atoms with E-state index in [4.69, 9.17) is 14.2 Å². The van der Waals surface area contributed by atoms with Gasteiger partial charge in [0.15, 0.2) is 11.5 Å². The van der Waals surface area contributed by atoms with Crippen molar-refractivity contribution in [1.29, 1.82) is 0 Å². The molecule has 0 saturated carbocycles. The molecule has 8 heteroatoms. The molecule has 1 saturated heterocycles. The molecule has 1 aliphatic rings. The minimum absolute atomic E-state index is 0.0870. The molecule has 0 atom stereocenters. The summed E-state index contributed by atoms with van der Waals surface area (Å²) in [6.45, 7) is 2.72. The second-order valence-electron chi connectivity index (χ2n) is 6.82. The fourth-order valence-corrected chi connectivity index (χ4v) is 4.85. The minimum atomic E-state index is -3.66. The number of rotatable bonds is 6. The molecule has 0 aliphatic carbocycles. The Morgan fingerprint density at radius 3 is 2.17 bits per heavy atom. The van der Waals surface area contributed by atoms with E-state index in [9.17, 15) is 13.2 Å². The average molecular weight is 419 g/mol. The highest BCUT2D eigenvalue weighted by atomic mass is 32.2. The second-order valence-corrected chi connectivity index (χ2v) is 8.76. The molecule has 1 aliphatic heterocycles. The largest absolute Gasteiger partial charge is 0.493 e. The molecule has 7 nitrogen and oxygen atoms in total. The third kappa shape index (κ3) is 4.38. The van der Waals surface area contributed by atoms with Gasteiger partial charge in [0.25, 0.3) is 0 Å². The lowest BCUT2D eigenvalue weighted by Crippen LogP contribution is -2.35. The Balaban J connectivity index is 1.94. The molecule has 3 rings (SSSR count). The Morgan fingerprint density at radius 1 is 0.966 bits per heavy atom. The van der Waals surface area contributed by atoms with E-state index in [1.54, 1.807) is 31.2 Å². The molecule has 0 aromatic heterocycles. The summed E-state index contributed by atoms with van der Waals surface area (Å²) < 4.78 is 43.5. The van der Waals surface area contributed by atoms with Gasteiger partial charge in [-0.2, -0.15) is 4.31 Å². The van der Waals surface area contributed by atoms with E-state index in [0.29, 0.717) is 30.2 Å². The van der Waals surface area contributed by atoms with Crippen LogP contribution < -0.4 is 14.2 Å². The van der Waals surface area contributed by atoms with Crippen molar-refractivity contribution in [2.24, 2.45) is 0 Å². The Labute approximate surface area is 171 Å². The highest BCUT2D eigenvalue weighted by Gasteiger charge is 2.28.